The van der Waals surface area contributed by atoms with E-state index in [1.54, 1.807) is 20.8 Å². The molecule has 0 bridgehead atoms. The van der Waals surface area contributed by atoms with Crippen LogP contribution < -0.4 is 27.0 Å². The summed E-state index contributed by atoms with van der Waals surface area (Å²) in [7, 11) is 0. The number of carbonyl (C=O) groups excluding carboxylic acids is 7. The minimum absolute atomic E-state index is 0.0425. The number of alkyl carbamates (subject to hydrolysis) is 1. The van der Waals surface area contributed by atoms with Gasteiger partial charge in [0.2, 0.25) is 29.4 Å². The molecule has 1 aromatic rings. The zero-order valence-electron chi connectivity index (χ0n) is 30.9. The highest BCUT2D eigenvalue weighted by Gasteiger charge is 2.44. The van der Waals surface area contributed by atoms with Gasteiger partial charge < -0.3 is 41.4 Å². The summed E-state index contributed by atoms with van der Waals surface area (Å²) in [6.45, 7) is 12.6. The van der Waals surface area contributed by atoms with Gasteiger partial charge in [-0.2, -0.15) is 0 Å². The van der Waals surface area contributed by atoms with Gasteiger partial charge in [-0.15, -0.1) is 0 Å². The third kappa shape index (κ3) is 14.3. The van der Waals surface area contributed by atoms with Gasteiger partial charge in [-0.05, 0) is 36.2 Å². The molecule has 6 N–H and O–H groups in total. The van der Waals surface area contributed by atoms with Crippen molar-refractivity contribution in [2.45, 2.75) is 111 Å². The summed E-state index contributed by atoms with van der Waals surface area (Å²) < 4.78 is 11.3. The van der Waals surface area contributed by atoms with Gasteiger partial charge in [0.15, 0.2) is 0 Å². The fraction of sp³-hybridized carbons (Fsp3) is 0.639. The summed E-state index contributed by atoms with van der Waals surface area (Å²) in [4.78, 5) is 92.0. The van der Waals surface area contributed by atoms with E-state index in [1.165, 1.54) is 4.90 Å². The van der Waals surface area contributed by atoms with Crippen molar-refractivity contribution in [3.8, 4) is 0 Å². The van der Waals surface area contributed by atoms with Crippen LogP contribution in [0.1, 0.15) is 79.7 Å². The van der Waals surface area contributed by atoms with Crippen molar-refractivity contribution < 1.29 is 43.0 Å². The highest BCUT2D eigenvalue weighted by molar-refractivity contribution is 6.38. The maximum absolute atomic E-state index is 14.0. The number of primary amides is 1. The number of benzene rings is 1. The van der Waals surface area contributed by atoms with Gasteiger partial charge in [-0.3, -0.25) is 28.8 Å². The molecule has 3 unspecified atom stereocenters. The van der Waals surface area contributed by atoms with Crippen molar-refractivity contribution in [1.82, 2.24) is 26.2 Å². The van der Waals surface area contributed by atoms with Crippen LogP contribution in [0.15, 0.2) is 30.3 Å². The van der Waals surface area contributed by atoms with E-state index in [0.717, 1.165) is 5.56 Å². The fourth-order valence-electron chi connectivity index (χ4n) is 5.50. The third-order valence-electron chi connectivity index (χ3n) is 8.16. The van der Waals surface area contributed by atoms with Crippen LogP contribution in [0.4, 0.5) is 4.79 Å². The molecule has 1 aliphatic heterocycles. The zero-order valence-corrected chi connectivity index (χ0v) is 30.9. The Bertz CT molecular complexity index is 1350. The van der Waals surface area contributed by atoms with E-state index in [0.29, 0.717) is 12.8 Å². The molecule has 1 fully saturated rings. The Morgan fingerprint density at radius 2 is 1.57 bits per heavy atom. The second-order valence-corrected chi connectivity index (χ2v) is 14.1. The number of nitrogens with two attached hydrogens (primary N) is 1. The van der Waals surface area contributed by atoms with Crippen molar-refractivity contribution in [3.05, 3.63) is 35.9 Å². The highest BCUT2D eigenvalue weighted by Crippen LogP contribution is 2.25. The predicted octanol–water partition coefficient (Wildman–Crippen LogP) is 1.57. The van der Waals surface area contributed by atoms with E-state index in [1.807, 2.05) is 58.0 Å². The number of rotatable bonds is 20. The largest absolute Gasteiger partial charge is 0.449 e. The Kier molecular flexibility index (Phi) is 17.5. The molecule has 284 valence electrons. The van der Waals surface area contributed by atoms with Crippen LogP contribution >= 0.6 is 0 Å². The second-order valence-electron chi connectivity index (χ2n) is 14.1. The lowest BCUT2D eigenvalue weighted by molar-refractivity contribution is -0.143. The van der Waals surface area contributed by atoms with Crippen molar-refractivity contribution in [2.75, 3.05) is 19.7 Å². The van der Waals surface area contributed by atoms with E-state index in [9.17, 15) is 33.6 Å². The van der Waals surface area contributed by atoms with E-state index in [4.69, 9.17) is 15.2 Å². The summed E-state index contributed by atoms with van der Waals surface area (Å²) in [5.41, 5.74) is 6.27. The Hall–Kier alpha value is -4.53. The number of amides is 6. The monoisotopic (exact) mass is 716 g/mol. The average Bonchev–Trinajstić information content (AvgIpc) is 3.51. The molecule has 0 aromatic heterocycles. The second kappa shape index (κ2) is 21.0. The van der Waals surface area contributed by atoms with Gasteiger partial charge >= 0.3 is 6.09 Å². The molecule has 0 aliphatic carbocycles. The van der Waals surface area contributed by atoms with Gasteiger partial charge in [0.25, 0.3) is 5.91 Å². The number of carbonyl (C=O) groups is 7. The number of nitrogens with zero attached hydrogens (tertiary/aromatic N) is 1. The van der Waals surface area contributed by atoms with Crippen molar-refractivity contribution in [2.24, 2.45) is 23.5 Å². The number of ketones is 1. The Balaban J connectivity index is 2.21. The minimum atomic E-state index is -1.25. The molecule has 0 spiro atoms. The van der Waals surface area contributed by atoms with Gasteiger partial charge in [0.05, 0.1) is 31.9 Å². The molecule has 15 heteroatoms. The molecular formula is C36H56N6O9. The van der Waals surface area contributed by atoms with Crippen molar-refractivity contribution in [3.63, 3.8) is 0 Å². The first-order valence-electron chi connectivity index (χ1n) is 17.6. The van der Waals surface area contributed by atoms with Crippen LogP contribution in [-0.4, -0.2) is 96.3 Å². The molecule has 51 heavy (non-hydrogen) atoms. The molecule has 1 saturated heterocycles. The minimum Gasteiger partial charge on any atom is -0.449 e. The number of likely N-dealkylation sites (tertiary alicyclic amines) is 1. The molecule has 1 aromatic carbocycles. The van der Waals surface area contributed by atoms with Gasteiger partial charge in [0, 0.05) is 13.0 Å². The smallest absolute Gasteiger partial charge is 0.407 e. The number of Topliss-reactive ketones (excluding diaryl/α,β-unsaturated/α-hetero) is 1. The number of hydrogen-bond donors (Lipinski definition) is 5. The summed E-state index contributed by atoms with van der Waals surface area (Å²) in [5.74, 6) is -4.92. The SMILES string of the molecule is CCCC(NC(=O)[C@@H]1C[C@@H](OCc2ccccc2)CN1C(=O)C(NC(=O)OCC(C)C)C(C)C)C(=O)C(=O)NCC(=O)NC(CC(C)C)C(N)=O. The van der Waals surface area contributed by atoms with Crippen LogP contribution in [-0.2, 0) is 44.8 Å². The maximum Gasteiger partial charge on any atom is 0.407 e. The van der Waals surface area contributed by atoms with Crippen LogP contribution in [0.5, 0.6) is 0 Å². The Morgan fingerprint density at radius 1 is 0.902 bits per heavy atom. The number of hydrogen-bond acceptors (Lipinski definition) is 9. The van der Waals surface area contributed by atoms with Crippen molar-refractivity contribution >= 4 is 41.4 Å². The van der Waals surface area contributed by atoms with Crippen LogP contribution in [0.25, 0.3) is 0 Å². The Labute approximate surface area is 300 Å². The van der Waals surface area contributed by atoms with E-state index < -0.39 is 78.2 Å². The molecule has 1 heterocycles. The van der Waals surface area contributed by atoms with E-state index in [-0.39, 0.29) is 50.4 Å². The van der Waals surface area contributed by atoms with Crippen LogP contribution in [0.3, 0.4) is 0 Å². The fourth-order valence-corrected chi connectivity index (χ4v) is 5.50. The molecule has 0 radical (unpaired) electrons. The number of nitrogens with one attached hydrogen (secondary N) is 4. The topological polar surface area (TPSA) is 215 Å². The first-order valence-corrected chi connectivity index (χ1v) is 17.6. The molecule has 2 rings (SSSR count). The van der Waals surface area contributed by atoms with E-state index in [2.05, 4.69) is 21.3 Å². The van der Waals surface area contributed by atoms with Gasteiger partial charge in [-0.25, -0.2) is 4.79 Å². The van der Waals surface area contributed by atoms with Crippen molar-refractivity contribution in [1.29, 1.82) is 0 Å². The normalized spacial score (nSPS) is 17.4. The maximum atomic E-state index is 14.0. The first kappa shape index (κ1) is 42.6. The molecule has 0 saturated carbocycles. The summed E-state index contributed by atoms with van der Waals surface area (Å²) >= 11 is 0. The summed E-state index contributed by atoms with van der Waals surface area (Å²) in [6.07, 6.45) is -0.376. The predicted molar refractivity (Wildman–Crippen MR) is 189 cm³/mol. The highest BCUT2D eigenvalue weighted by atomic mass is 16.5. The molecule has 6 amide bonds. The van der Waals surface area contributed by atoms with Crippen LogP contribution in [0.2, 0.25) is 0 Å². The van der Waals surface area contributed by atoms with Crippen LogP contribution in [0, 0.1) is 17.8 Å². The van der Waals surface area contributed by atoms with E-state index >= 15 is 0 Å². The molecule has 15 nitrogen and oxygen atoms in total. The molecule has 5 atom stereocenters. The Morgan fingerprint density at radius 3 is 2.14 bits per heavy atom. The van der Waals surface area contributed by atoms with Gasteiger partial charge in [0.1, 0.15) is 18.1 Å². The quantitative estimate of drug-likeness (QED) is 0.124. The van der Waals surface area contributed by atoms with Gasteiger partial charge in [-0.1, -0.05) is 85.2 Å². The number of ether oxygens (including phenoxy) is 2. The third-order valence-corrected chi connectivity index (χ3v) is 8.16. The first-order chi connectivity index (χ1) is 24.0. The average molecular weight is 717 g/mol. The summed E-state index contributed by atoms with van der Waals surface area (Å²) in [5, 5.41) is 9.98. The standard InChI is InChI=1S/C36H56N6O9/c1-8-12-26(31(44)34(47)38-17-29(43)39-27(32(37)45)15-21(2)3)40-33(46)28-16-25(50-20-24-13-10-9-11-14-24)18-42(28)35(48)30(23(6)7)41-36(49)51-19-22(4)5/h9-11,13-14,21-23,25-28,30H,8,12,15-20H2,1-7H3,(H2,37,45)(H,38,47)(H,39,43)(H,40,46)(H,41,49)/t25-,26?,27?,28+,30?/m1/s1. The lowest BCUT2D eigenvalue weighted by atomic mass is 10.0. The lowest BCUT2D eigenvalue weighted by Crippen LogP contribution is -2.57. The zero-order chi connectivity index (χ0) is 38.2. The molecule has 1 aliphatic rings. The summed E-state index contributed by atoms with van der Waals surface area (Å²) in [6, 6.07) is 5.10. The lowest BCUT2D eigenvalue weighted by Gasteiger charge is -2.31. The molecular weight excluding hydrogens is 660 g/mol.